The lowest BCUT2D eigenvalue weighted by Gasteiger charge is -2.18. The van der Waals surface area contributed by atoms with Crippen LogP contribution in [0.4, 0.5) is 20.8 Å². The fraction of sp³-hybridized carbons (Fsp3) is 0.391. The van der Waals surface area contributed by atoms with E-state index in [-0.39, 0.29) is 60.4 Å². The fourth-order valence-electron chi connectivity index (χ4n) is 4.00. The molecule has 1 fully saturated rings. The van der Waals surface area contributed by atoms with Crippen LogP contribution in [0.2, 0.25) is 0 Å². The van der Waals surface area contributed by atoms with E-state index in [4.69, 9.17) is 14.2 Å². The van der Waals surface area contributed by atoms with E-state index in [0.717, 1.165) is 0 Å². The Morgan fingerprint density at radius 1 is 1.27 bits per heavy atom. The monoisotopic (exact) mass is 513 g/mol. The highest BCUT2D eigenvalue weighted by molar-refractivity contribution is 5.94. The van der Waals surface area contributed by atoms with Gasteiger partial charge in [-0.05, 0) is 12.1 Å². The summed E-state index contributed by atoms with van der Waals surface area (Å²) in [5, 5.41) is 5.78. The van der Waals surface area contributed by atoms with Crippen LogP contribution in [-0.4, -0.2) is 70.5 Å². The summed E-state index contributed by atoms with van der Waals surface area (Å²) in [6.07, 6.45) is 1.54. The number of aryl methyl sites for hydroxylation is 1. The molecule has 0 saturated carbocycles. The molecule has 2 aliphatic heterocycles. The first-order valence-corrected chi connectivity index (χ1v) is 11.6. The van der Waals surface area contributed by atoms with E-state index >= 15 is 0 Å². The van der Waals surface area contributed by atoms with E-state index in [2.05, 4.69) is 25.6 Å². The minimum absolute atomic E-state index is 0.0230. The highest BCUT2D eigenvalue weighted by atomic mass is 19.1. The predicted molar refractivity (Wildman–Crippen MR) is 128 cm³/mol. The molecule has 37 heavy (non-hydrogen) atoms. The first-order valence-electron chi connectivity index (χ1n) is 11.6. The van der Waals surface area contributed by atoms with Gasteiger partial charge in [0.25, 0.3) is 17.3 Å². The molecule has 0 bridgehead atoms. The van der Waals surface area contributed by atoms with Gasteiger partial charge in [-0.3, -0.25) is 14.5 Å². The van der Waals surface area contributed by atoms with Gasteiger partial charge in [-0.1, -0.05) is 6.92 Å². The van der Waals surface area contributed by atoms with Crippen molar-refractivity contribution in [2.45, 2.75) is 13.0 Å². The van der Waals surface area contributed by atoms with E-state index < -0.39 is 18.0 Å². The van der Waals surface area contributed by atoms with Crippen molar-refractivity contribution in [3.8, 4) is 11.6 Å². The van der Waals surface area contributed by atoms with E-state index in [9.17, 15) is 18.8 Å². The van der Waals surface area contributed by atoms with Gasteiger partial charge in [0.1, 0.15) is 11.6 Å². The molecule has 5 rings (SSSR count). The number of nitrogens with zero attached hydrogens (tertiary/aromatic N) is 5. The molecule has 194 valence electrons. The number of hydrogen-bond acceptors (Lipinski definition) is 10. The zero-order valence-corrected chi connectivity index (χ0v) is 20.1. The summed E-state index contributed by atoms with van der Waals surface area (Å²) >= 11 is 0. The van der Waals surface area contributed by atoms with Crippen LogP contribution >= 0.6 is 0 Å². The number of nitrogens with one attached hydrogen (secondary N) is 2. The molecule has 1 aromatic carbocycles. The topological polar surface area (TPSA) is 150 Å². The molecule has 0 radical (unpaired) electrons. The van der Waals surface area contributed by atoms with Crippen molar-refractivity contribution in [1.29, 1.82) is 0 Å². The molecule has 13 nitrogen and oxygen atoms in total. The van der Waals surface area contributed by atoms with Crippen molar-refractivity contribution in [2.75, 3.05) is 43.1 Å². The lowest BCUT2D eigenvalue weighted by Crippen LogP contribution is -2.34. The van der Waals surface area contributed by atoms with Crippen molar-refractivity contribution < 1.29 is 28.2 Å². The highest BCUT2D eigenvalue weighted by Crippen LogP contribution is 2.28. The number of amides is 2. The highest BCUT2D eigenvalue weighted by Gasteiger charge is 2.34. The van der Waals surface area contributed by atoms with Gasteiger partial charge >= 0.3 is 6.09 Å². The number of carbonyl (C=O) groups excluding carboxylic acids is 2. The summed E-state index contributed by atoms with van der Waals surface area (Å²) in [6, 6.07) is 2.75. The van der Waals surface area contributed by atoms with Crippen LogP contribution in [-0.2, 0) is 16.6 Å². The van der Waals surface area contributed by atoms with Gasteiger partial charge in [0.2, 0.25) is 0 Å². The van der Waals surface area contributed by atoms with Crippen LogP contribution in [0, 0.1) is 11.7 Å². The summed E-state index contributed by atoms with van der Waals surface area (Å²) in [5.74, 6) is -0.420. The summed E-state index contributed by atoms with van der Waals surface area (Å²) in [5.41, 5.74) is 0.384. The Balaban J connectivity index is 1.14. The van der Waals surface area contributed by atoms with E-state index in [1.165, 1.54) is 41.0 Å². The Morgan fingerprint density at radius 2 is 2.11 bits per heavy atom. The molecule has 1 unspecified atom stereocenters. The normalized spacial score (nSPS) is 17.7. The summed E-state index contributed by atoms with van der Waals surface area (Å²) in [7, 11) is 1.54. The Morgan fingerprint density at radius 3 is 2.95 bits per heavy atom. The zero-order chi connectivity index (χ0) is 26.1. The van der Waals surface area contributed by atoms with Crippen molar-refractivity contribution in [3.05, 3.63) is 40.7 Å². The zero-order valence-electron chi connectivity index (χ0n) is 20.1. The van der Waals surface area contributed by atoms with Gasteiger partial charge in [-0.15, -0.1) is 0 Å². The minimum Gasteiger partial charge on any atom is -0.488 e. The third-order valence-corrected chi connectivity index (χ3v) is 5.89. The Kier molecular flexibility index (Phi) is 6.56. The quantitative estimate of drug-likeness (QED) is 0.443. The number of hydrogen-bond donors (Lipinski definition) is 2. The Hall–Kier alpha value is -4.33. The average molecular weight is 513 g/mol. The van der Waals surface area contributed by atoms with Crippen LogP contribution in [0.3, 0.4) is 0 Å². The van der Waals surface area contributed by atoms with Crippen LogP contribution in [0.1, 0.15) is 6.92 Å². The first kappa shape index (κ1) is 24.4. The summed E-state index contributed by atoms with van der Waals surface area (Å²) < 4.78 is 32.1. The number of carbonyl (C=O) groups is 2. The molecule has 4 heterocycles. The molecule has 3 aromatic rings. The number of anilines is 2. The number of rotatable bonds is 8. The Labute approximate surface area is 209 Å². The third kappa shape index (κ3) is 5.00. The van der Waals surface area contributed by atoms with Gasteiger partial charge in [0, 0.05) is 26.1 Å². The SMILES string of the molecule is CC(CNC[C@H]1CN(c2cnc3c(n2)NC(=O)CO3)C(=O)O1)COc1c(F)ccc2ncc(=O)n(C)c12. The smallest absolute Gasteiger partial charge is 0.416 e. The third-order valence-electron chi connectivity index (χ3n) is 5.89. The molecule has 1 saturated heterocycles. The van der Waals surface area contributed by atoms with Crippen molar-refractivity contribution in [1.82, 2.24) is 24.8 Å². The lowest BCUT2D eigenvalue weighted by molar-refractivity contribution is -0.118. The standard InChI is InChI=1S/C23H24FN7O6/c1-12(10-35-20-14(24)3-4-15-19(20)30(2)18(33)8-26-15)5-25-6-13-9-31(23(34)37-13)16-7-27-22-21(28-16)29-17(32)11-36-22/h3-4,7-8,12-13,25H,5-6,9-11H2,1-2H3,(H,28,29,32)/t12?,13-/m0/s1. The van der Waals surface area contributed by atoms with Gasteiger partial charge in [0.15, 0.2) is 29.8 Å². The van der Waals surface area contributed by atoms with Gasteiger partial charge < -0.3 is 29.4 Å². The number of halogens is 1. The first-order chi connectivity index (χ1) is 17.8. The van der Waals surface area contributed by atoms with Crippen LogP contribution < -0.4 is 30.6 Å². The van der Waals surface area contributed by atoms with Crippen molar-refractivity contribution >= 4 is 34.7 Å². The molecule has 0 aliphatic carbocycles. The molecular formula is C23H24FN7O6. The van der Waals surface area contributed by atoms with Gasteiger partial charge in [0.05, 0.1) is 31.1 Å². The van der Waals surface area contributed by atoms with Gasteiger partial charge in [-0.25, -0.2) is 24.1 Å². The average Bonchev–Trinajstić information content (AvgIpc) is 3.25. The summed E-state index contributed by atoms with van der Waals surface area (Å²) in [4.78, 5) is 49.6. The molecule has 14 heteroatoms. The molecular weight excluding hydrogens is 489 g/mol. The van der Waals surface area contributed by atoms with Crippen LogP contribution in [0.15, 0.2) is 29.3 Å². The van der Waals surface area contributed by atoms with Crippen molar-refractivity contribution in [2.24, 2.45) is 13.0 Å². The number of cyclic esters (lactones) is 1. The number of benzene rings is 1. The maximum Gasteiger partial charge on any atom is 0.416 e. The number of aromatic nitrogens is 4. The van der Waals surface area contributed by atoms with E-state index in [1.807, 2.05) is 6.92 Å². The van der Waals surface area contributed by atoms with Crippen LogP contribution in [0.25, 0.3) is 11.0 Å². The maximum absolute atomic E-state index is 14.5. The fourth-order valence-corrected chi connectivity index (χ4v) is 4.00. The summed E-state index contributed by atoms with van der Waals surface area (Å²) in [6.45, 7) is 3.06. The molecule has 2 amide bonds. The number of ether oxygens (including phenoxy) is 3. The second-order valence-electron chi connectivity index (χ2n) is 8.81. The van der Waals surface area contributed by atoms with Crippen LogP contribution in [0.5, 0.6) is 11.6 Å². The molecule has 2 aliphatic rings. The lowest BCUT2D eigenvalue weighted by atomic mass is 10.2. The molecule has 2 atom stereocenters. The largest absolute Gasteiger partial charge is 0.488 e. The van der Waals surface area contributed by atoms with E-state index in [0.29, 0.717) is 24.1 Å². The second kappa shape index (κ2) is 9.97. The molecule has 2 aromatic heterocycles. The van der Waals surface area contributed by atoms with Crippen molar-refractivity contribution in [3.63, 3.8) is 0 Å². The van der Waals surface area contributed by atoms with E-state index in [1.54, 1.807) is 0 Å². The maximum atomic E-state index is 14.5. The second-order valence-corrected chi connectivity index (χ2v) is 8.81. The molecule has 2 N–H and O–H groups in total. The predicted octanol–water partition coefficient (Wildman–Crippen LogP) is 0.823. The minimum atomic E-state index is -0.579. The number of fused-ring (bicyclic) bond motifs is 2. The van der Waals surface area contributed by atoms with Gasteiger partial charge in [-0.2, -0.15) is 0 Å². The Bertz CT molecular complexity index is 1430. The molecule has 0 spiro atoms.